The van der Waals surface area contributed by atoms with Crippen LogP contribution in [0.4, 0.5) is 0 Å². The Morgan fingerprint density at radius 1 is 0.962 bits per heavy atom. The highest BCUT2D eigenvalue weighted by Crippen LogP contribution is 2.46. The van der Waals surface area contributed by atoms with E-state index < -0.39 is 8.07 Å². The van der Waals surface area contributed by atoms with E-state index in [1.165, 1.54) is 38.7 Å². The molecule has 8 rings (SSSR count). The quantitative estimate of drug-likeness (QED) is 0.132. The zero-order chi connectivity index (χ0) is 37.4. The van der Waals surface area contributed by atoms with E-state index in [1.807, 2.05) is 24.3 Å². The van der Waals surface area contributed by atoms with Crippen LogP contribution in [-0.2, 0) is 18.3 Å². The lowest BCUT2D eigenvalue weighted by atomic mass is 9.76. The lowest BCUT2D eigenvalue weighted by Crippen LogP contribution is -2.54. The highest BCUT2D eigenvalue weighted by atomic mass is 28.3. The summed E-state index contributed by atoms with van der Waals surface area (Å²) in [7, 11) is -1.71. The SMILES string of the molecule is C=CC1=NC(=C)C2C(CCc3ccc4c(oc5nc(-c6ccccc6)ccc54)c31)c1ccc(C(C)(C)C)cc1-c1cc(CC(C)C)c([Si](C)(C)C)c[n+]12. The van der Waals surface area contributed by atoms with Crippen LogP contribution in [0.2, 0.25) is 19.6 Å². The normalized spacial score (nSPS) is 17.4. The number of aryl methyl sites for hydroxylation is 1. The molecule has 0 bridgehead atoms. The van der Waals surface area contributed by atoms with Crippen LogP contribution < -0.4 is 9.75 Å². The van der Waals surface area contributed by atoms with Crippen molar-refractivity contribution in [1.29, 1.82) is 0 Å². The van der Waals surface area contributed by atoms with Gasteiger partial charge in [0.2, 0.25) is 17.4 Å². The highest BCUT2D eigenvalue weighted by molar-refractivity contribution is 6.89. The minimum Gasteiger partial charge on any atom is -0.437 e. The van der Waals surface area contributed by atoms with Gasteiger partial charge in [-0.3, -0.25) is 0 Å². The van der Waals surface area contributed by atoms with Crippen LogP contribution in [0, 0.1) is 5.92 Å². The van der Waals surface area contributed by atoms with E-state index in [-0.39, 0.29) is 17.4 Å². The molecule has 268 valence electrons. The van der Waals surface area contributed by atoms with Crippen molar-refractivity contribution in [2.45, 2.75) is 90.9 Å². The monoisotopic (exact) mass is 714 g/mol. The molecule has 5 heterocycles. The second-order valence-electron chi connectivity index (χ2n) is 17.7. The molecular weight excluding hydrogens is 663 g/mol. The van der Waals surface area contributed by atoms with Gasteiger partial charge in [-0.15, -0.1) is 0 Å². The van der Waals surface area contributed by atoms with Gasteiger partial charge in [-0.1, -0.05) is 122 Å². The predicted octanol–water partition coefficient (Wildman–Crippen LogP) is 11.4. The Balaban J connectivity index is 1.34. The van der Waals surface area contributed by atoms with E-state index in [2.05, 4.69) is 132 Å². The van der Waals surface area contributed by atoms with Crippen molar-refractivity contribution in [1.82, 2.24) is 4.98 Å². The number of rotatable bonds is 5. The Kier molecular flexibility index (Phi) is 8.57. The summed E-state index contributed by atoms with van der Waals surface area (Å²) < 4.78 is 9.28. The molecule has 6 aromatic rings. The molecule has 3 aromatic carbocycles. The summed E-state index contributed by atoms with van der Waals surface area (Å²) >= 11 is 0. The number of hydrogen-bond donors (Lipinski definition) is 0. The average molecular weight is 715 g/mol. The Morgan fingerprint density at radius 3 is 2.42 bits per heavy atom. The lowest BCUT2D eigenvalue weighted by molar-refractivity contribution is -0.708. The number of allylic oxidation sites excluding steroid dienone is 2. The molecule has 0 saturated carbocycles. The van der Waals surface area contributed by atoms with Crippen molar-refractivity contribution in [3.8, 4) is 22.5 Å². The van der Waals surface area contributed by atoms with Crippen LogP contribution >= 0.6 is 0 Å². The Bertz CT molecular complexity index is 2470. The molecule has 2 atom stereocenters. The predicted molar refractivity (Wildman–Crippen MR) is 225 cm³/mol. The summed E-state index contributed by atoms with van der Waals surface area (Å²) in [6.07, 6.45) is 7.28. The second kappa shape index (κ2) is 12.9. The van der Waals surface area contributed by atoms with E-state index in [0.717, 1.165) is 63.8 Å². The van der Waals surface area contributed by atoms with Crippen molar-refractivity contribution in [3.63, 3.8) is 0 Å². The van der Waals surface area contributed by atoms with E-state index in [4.69, 9.17) is 21.0 Å². The highest BCUT2D eigenvalue weighted by Gasteiger charge is 2.44. The Labute approximate surface area is 316 Å². The number of benzene rings is 3. The van der Waals surface area contributed by atoms with Crippen molar-refractivity contribution in [2.24, 2.45) is 10.9 Å². The van der Waals surface area contributed by atoms with Crippen LogP contribution in [0.1, 0.15) is 80.8 Å². The molecule has 2 aliphatic rings. The van der Waals surface area contributed by atoms with Crippen molar-refractivity contribution in [2.75, 3.05) is 0 Å². The standard InChI is InChI=1S/C48H52N3OSi/c1-11-40-44-32(18-21-37-38-23-24-41(31-15-13-12-14-16-31)50-47(38)52-46(37)44)17-20-36-35-22-19-34(48(5,6)7)27-39(35)42-26-33(25-29(2)3)43(53(8,9)10)28-51(42)45(36)30(4)49-40/h11-16,18-19,21-24,26-29,36,45H,1,4,17,20,25H2,2-3,5-10H3/q+1. The third-order valence-corrected chi connectivity index (χ3v) is 13.4. The van der Waals surface area contributed by atoms with Gasteiger partial charge in [-0.2, -0.15) is 4.57 Å². The first-order valence-electron chi connectivity index (χ1n) is 19.3. The maximum atomic E-state index is 6.72. The van der Waals surface area contributed by atoms with Gasteiger partial charge in [-0.05, 0) is 77.1 Å². The van der Waals surface area contributed by atoms with Gasteiger partial charge >= 0.3 is 0 Å². The maximum absolute atomic E-state index is 6.72. The molecule has 2 aliphatic heterocycles. The van der Waals surface area contributed by atoms with Crippen molar-refractivity contribution >= 4 is 41.0 Å². The molecule has 0 spiro atoms. The van der Waals surface area contributed by atoms with Gasteiger partial charge < -0.3 is 4.42 Å². The second-order valence-corrected chi connectivity index (χ2v) is 22.7. The fourth-order valence-electron chi connectivity index (χ4n) is 8.73. The molecule has 0 aliphatic carbocycles. The number of nitrogens with zero attached hydrogens (tertiary/aromatic N) is 3. The summed E-state index contributed by atoms with van der Waals surface area (Å²) in [5.41, 5.74) is 14.2. The molecule has 53 heavy (non-hydrogen) atoms. The third kappa shape index (κ3) is 6.13. The molecule has 0 amide bonds. The summed E-state index contributed by atoms with van der Waals surface area (Å²) in [5, 5.41) is 3.57. The van der Waals surface area contributed by atoms with Crippen LogP contribution in [-0.4, -0.2) is 18.8 Å². The van der Waals surface area contributed by atoms with Gasteiger partial charge in [0.1, 0.15) is 11.3 Å². The molecule has 5 heteroatoms. The molecule has 3 aromatic heterocycles. The van der Waals surface area contributed by atoms with E-state index >= 15 is 0 Å². The molecule has 4 nitrogen and oxygen atoms in total. The minimum atomic E-state index is -1.71. The molecule has 0 N–H and O–H groups in total. The van der Waals surface area contributed by atoms with Gasteiger partial charge in [-0.25, -0.2) is 9.98 Å². The number of pyridine rings is 2. The number of aromatic nitrogens is 2. The smallest absolute Gasteiger partial charge is 0.227 e. The van der Waals surface area contributed by atoms with Crippen LogP contribution in [0.15, 0.2) is 119 Å². The van der Waals surface area contributed by atoms with E-state index in [0.29, 0.717) is 11.6 Å². The molecule has 2 unspecified atom stereocenters. The minimum absolute atomic E-state index is 0.0355. The first-order valence-corrected chi connectivity index (χ1v) is 22.8. The van der Waals surface area contributed by atoms with E-state index in [1.54, 1.807) is 0 Å². The number of furan rings is 1. The molecule has 0 saturated heterocycles. The number of fused-ring (bicyclic) bond motifs is 11. The van der Waals surface area contributed by atoms with Crippen molar-refractivity contribution < 1.29 is 8.98 Å². The zero-order valence-electron chi connectivity index (χ0n) is 32.7. The third-order valence-electron chi connectivity index (χ3n) is 11.4. The summed E-state index contributed by atoms with van der Waals surface area (Å²) in [5.74, 6) is 0.759. The van der Waals surface area contributed by atoms with Gasteiger partial charge in [0.25, 0.3) is 0 Å². The van der Waals surface area contributed by atoms with Crippen LogP contribution in [0.5, 0.6) is 0 Å². The van der Waals surface area contributed by atoms with Gasteiger partial charge in [0.05, 0.1) is 31.0 Å². The van der Waals surface area contributed by atoms with Crippen molar-refractivity contribution in [3.05, 3.63) is 138 Å². The molecule has 0 radical (unpaired) electrons. The summed E-state index contributed by atoms with van der Waals surface area (Å²) in [6.45, 7) is 28.1. The zero-order valence-corrected chi connectivity index (χ0v) is 33.7. The lowest BCUT2D eigenvalue weighted by Gasteiger charge is -2.33. The topological polar surface area (TPSA) is 42.3 Å². The maximum Gasteiger partial charge on any atom is 0.227 e. The number of aliphatic imine (C=N–C) groups is 1. The molecular formula is C48H52N3OSi+. The largest absolute Gasteiger partial charge is 0.437 e. The average Bonchev–Trinajstić information content (AvgIpc) is 3.51. The number of hydrogen-bond acceptors (Lipinski definition) is 3. The fraction of sp³-hybridized carbons (Fsp3) is 0.312. The van der Waals surface area contributed by atoms with Gasteiger partial charge in [0, 0.05) is 33.2 Å². The Hall–Kier alpha value is -4.87. The van der Waals surface area contributed by atoms with Crippen LogP contribution in [0.25, 0.3) is 44.6 Å². The fourth-order valence-corrected chi connectivity index (χ4v) is 10.4. The first-order chi connectivity index (χ1) is 25.2. The Morgan fingerprint density at radius 2 is 1.72 bits per heavy atom. The van der Waals surface area contributed by atoms with Crippen LogP contribution in [0.3, 0.4) is 0 Å². The summed E-state index contributed by atoms with van der Waals surface area (Å²) in [4.78, 5) is 10.4. The molecule has 0 fully saturated rings. The summed E-state index contributed by atoms with van der Waals surface area (Å²) in [6, 6.07) is 28.7. The van der Waals surface area contributed by atoms with E-state index in [9.17, 15) is 0 Å². The first kappa shape index (κ1) is 35.2. The van der Waals surface area contributed by atoms with Gasteiger partial charge in [0.15, 0.2) is 6.20 Å².